The number of nitrogens with zero attached hydrogens (tertiary/aromatic N) is 5. The molecule has 1 aliphatic heterocycles. The molecule has 176 valence electrons. The second-order valence-electron chi connectivity index (χ2n) is 8.81. The van der Waals surface area contributed by atoms with Gasteiger partial charge in [-0.15, -0.1) is 5.10 Å². The molecule has 0 saturated carbocycles. The molecule has 0 aliphatic carbocycles. The fourth-order valence-corrected chi connectivity index (χ4v) is 4.77. The van der Waals surface area contributed by atoms with E-state index < -0.39 is 9.84 Å². The first-order valence-corrected chi connectivity index (χ1v) is 13.2. The largest absolute Gasteiger partial charge is 0.323 e. The van der Waals surface area contributed by atoms with E-state index in [0.717, 1.165) is 49.7 Å². The molecule has 0 radical (unpaired) electrons. The molecule has 3 heterocycles. The Hall–Kier alpha value is -3.27. The van der Waals surface area contributed by atoms with Crippen molar-refractivity contribution in [2.24, 2.45) is 0 Å². The fourth-order valence-electron chi connectivity index (χ4n) is 4.14. The van der Waals surface area contributed by atoms with Crippen molar-refractivity contribution in [2.45, 2.75) is 11.4 Å². The lowest BCUT2D eigenvalue weighted by molar-refractivity contribution is 0.148. The highest BCUT2D eigenvalue weighted by Gasteiger charge is 2.14. The molecule has 0 amide bonds. The molecule has 1 aliphatic rings. The topological polar surface area (TPSA) is 82.8 Å². The van der Waals surface area contributed by atoms with Crippen LogP contribution >= 0.6 is 0 Å². The van der Waals surface area contributed by atoms with Crippen molar-refractivity contribution in [1.29, 1.82) is 0 Å². The first-order chi connectivity index (χ1) is 16.3. The third-order valence-corrected chi connectivity index (χ3v) is 7.28. The SMILES string of the molecule is CN1CCN(Cc2ccc(Nc3nc4cccc(-c5ccc(S(C)(=O)=O)cc5)n4n3)cc2)CC1. The van der Waals surface area contributed by atoms with Crippen LogP contribution in [0.1, 0.15) is 5.56 Å². The third-order valence-electron chi connectivity index (χ3n) is 6.15. The van der Waals surface area contributed by atoms with Gasteiger partial charge in [0.2, 0.25) is 5.95 Å². The van der Waals surface area contributed by atoms with Crippen molar-refractivity contribution in [1.82, 2.24) is 24.4 Å². The minimum atomic E-state index is -3.24. The summed E-state index contributed by atoms with van der Waals surface area (Å²) < 4.78 is 25.3. The summed E-state index contributed by atoms with van der Waals surface area (Å²) in [6.07, 6.45) is 1.21. The molecule has 0 unspecified atom stereocenters. The van der Waals surface area contributed by atoms with Gasteiger partial charge in [0.05, 0.1) is 10.6 Å². The summed E-state index contributed by atoms with van der Waals surface area (Å²) >= 11 is 0. The number of piperazine rings is 1. The summed E-state index contributed by atoms with van der Waals surface area (Å²) in [6.45, 7) is 5.39. The zero-order valence-electron chi connectivity index (χ0n) is 19.3. The van der Waals surface area contributed by atoms with E-state index in [9.17, 15) is 8.42 Å². The monoisotopic (exact) mass is 476 g/mol. The lowest BCUT2D eigenvalue weighted by Crippen LogP contribution is -2.43. The summed E-state index contributed by atoms with van der Waals surface area (Å²) in [6, 6.07) is 21.0. The first kappa shape index (κ1) is 22.5. The number of fused-ring (bicyclic) bond motifs is 1. The Bertz CT molecular complexity index is 1390. The van der Waals surface area contributed by atoms with Gasteiger partial charge in [-0.05, 0) is 49.0 Å². The van der Waals surface area contributed by atoms with Gasteiger partial charge in [0.15, 0.2) is 15.5 Å². The van der Waals surface area contributed by atoms with Crippen molar-refractivity contribution in [3.8, 4) is 11.3 Å². The van der Waals surface area contributed by atoms with E-state index in [4.69, 9.17) is 0 Å². The average Bonchev–Trinajstić information content (AvgIpc) is 3.24. The number of nitrogens with one attached hydrogen (secondary N) is 1. The summed E-state index contributed by atoms with van der Waals surface area (Å²) in [5.41, 5.74) is 4.62. The Kier molecular flexibility index (Phi) is 6.07. The van der Waals surface area contributed by atoms with Crippen LogP contribution in [-0.4, -0.2) is 72.3 Å². The van der Waals surface area contributed by atoms with Crippen LogP contribution in [0.5, 0.6) is 0 Å². The number of sulfone groups is 1. The smallest absolute Gasteiger partial charge is 0.247 e. The Morgan fingerprint density at radius 2 is 1.62 bits per heavy atom. The van der Waals surface area contributed by atoms with Crippen molar-refractivity contribution >= 4 is 27.1 Å². The molecule has 5 rings (SSSR count). The van der Waals surface area contributed by atoms with Gasteiger partial charge in [-0.2, -0.15) is 4.98 Å². The van der Waals surface area contributed by atoms with Crippen LogP contribution < -0.4 is 5.32 Å². The maximum atomic E-state index is 11.8. The van der Waals surface area contributed by atoms with E-state index in [1.165, 1.54) is 11.8 Å². The number of benzene rings is 2. The molecule has 0 spiro atoms. The molecule has 2 aromatic heterocycles. The number of pyridine rings is 1. The van der Waals surface area contributed by atoms with Gasteiger partial charge in [0.1, 0.15) is 0 Å². The molecule has 1 fully saturated rings. The van der Waals surface area contributed by atoms with E-state index in [-0.39, 0.29) is 0 Å². The normalized spacial score (nSPS) is 15.6. The van der Waals surface area contributed by atoms with Gasteiger partial charge in [-0.25, -0.2) is 12.9 Å². The van der Waals surface area contributed by atoms with Gasteiger partial charge >= 0.3 is 0 Å². The summed E-state index contributed by atoms with van der Waals surface area (Å²) in [4.78, 5) is 9.74. The number of rotatable bonds is 6. The second-order valence-corrected chi connectivity index (χ2v) is 10.8. The maximum absolute atomic E-state index is 11.8. The zero-order valence-corrected chi connectivity index (χ0v) is 20.2. The minimum Gasteiger partial charge on any atom is -0.323 e. The number of hydrogen-bond donors (Lipinski definition) is 1. The van der Waals surface area contributed by atoms with Gasteiger partial charge in [-0.3, -0.25) is 4.90 Å². The molecule has 8 nitrogen and oxygen atoms in total. The fraction of sp³-hybridized carbons (Fsp3) is 0.280. The van der Waals surface area contributed by atoms with E-state index in [0.29, 0.717) is 16.5 Å². The molecule has 0 bridgehead atoms. The summed E-state index contributed by atoms with van der Waals surface area (Å²) in [5.74, 6) is 0.507. The van der Waals surface area contributed by atoms with Crippen molar-refractivity contribution in [3.05, 3.63) is 72.3 Å². The summed E-state index contributed by atoms with van der Waals surface area (Å²) in [7, 11) is -1.07. The van der Waals surface area contributed by atoms with Gasteiger partial charge in [-0.1, -0.05) is 30.3 Å². The Morgan fingerprint density at radius 1 is 0.912 bits per heavy atom. The van der Waals surface area contributed by atoms with Crippen molar-refractivity contribution in [3.63, 3.8) is 0 Å². The number of likely N-dealkylation sites (N-methyl/N-ethyl adjacent to an activating group) is 1. The maximum Gasteiger partial charge on any atom is 0.247 e. The second kappa shape index (κ2) is 9.17. The predicted molar refractivity (Wildman–Crippen MR) is 134 cm³/mol. The molecule has 34 heavy (non-hydrogen) atoms. The number of hydrogen-bond acceptors (Lipinski definition) is 7. The van der Waals surface area contributed by atoms with E-state index >= 15 is 0 Å². The van der Waals surface area contributed by atoms with Gasteiger partial charge in [0, 0.05) is 50.2 Å². The summed E-state index contributed by atoms with van der Waals surface area (Å²) in [5, 5.41) is 7.94. The lowest BCUT2D eigenvalue weighted by atomic mass is 10.1. The molecule has 4 aromatic rings. The highest BCUT2D eigenvalue weighted by atomic mass is 32.2. The van der Waals surface area contributed by atoms with Crippen LogP contribution in [0, 0.1) is 0 Å². The molecule has 9 heteroatoms. The quantitative estimate of drug-likeness (QED) is 0.457. The molecule has 1 saturated heterocycles. The Morgan fingerprint density at radius 3 is 2.29 bits per heavy atom. The Labute approximate surface area is 199 Å². The molecule has 2 aromatic carbocycles. The molecular weight excluding hydrogens is 448 g/mol. The Balaban J connectivity index is 1.32. The van der Waals surface area contributed by atoms with Crippen LogP contribution in [0.15, 0.2) is 71.6 Å². The van der Waals surface area contributed by atoms with Crippen LogP contribution in [0.3, 0.4) is 0 Å². The highest BCUT2D eigenvalue weighted by molar-refractivity contribution is 7.90. The first-order valence-electron chi connectivity index (χ1n) is 11.3. The predicted octanol–water partition coefficient (Wildman–Crippen LogP) is 3.29. The van der Waals surface area contributed by atoms with Gasteiger partial charge < -0.3 is 10.2 Å². The molecule has 0 atom stereocenters. The van der Waals surface area contributed by atoms with Crippen LogP contribution in [0.2, 0.25) is 0 Å². The van der Waals surface area contributed by atoms with E-state index in [1.54, 1.807) is 28.8 Å². The number of aromatic nitrogens is 3. The minimum absolute atomic E-state index is 0.292. The highest BCUT2D eigenvalue weighted by Crippen LogP contribution is 2.24. The van der Waals surface area contributed by atoms with Crippen LogP contribution in [0.4, 0.5) is 11.6 Å². The van der Waals surface area contributed by atoms with Crippen LogP contribution in [-0.2, 0) is 16.4 Å². The van der Waals surface area contributed by atoms with Crippen LogP contribution in [0.25, 0.3) is 16.9 Å². The molecular formula is C25H28N6O2S. The third kappa shape index (κ3) is 4.96. The zero-order chi connectivity index (χ0) is 23.7. The molecule has 1 N–H and O–H groups in total. The van der Waals surface area contributed by atoms with E-state index in [2.05, 4.69) is 56.5 Å². The van der Waals surface area contributed by atoms with Crippen molar-refractivity contribution in [2.75, 3.05) is 44.8 Å². The lowest BCUT2D eigenvalue weighted by Gasteiger charge is -2.32. The van der Waals surface area contributed by atoms with Crippen molar-refractivity contribution < 1.29 is 8.42 Å². The standard InChI is InChI=1S/C25H28N6O2S/c1-29-14-16-30(17-15-29)18-19-6-10-21(11-7-19)26-25-27-24-5-3-4-23(31(24)28-25)20-8-12-22(13-9-20)34(2,32)33/h3-13H,14-18H2,1-2H3,(H,26,28). The van der Waals surface area contributed by atoms with E-state index in [1.807, 2.05) is 18.2 Å². The van der Waals surface area contributed by atoms with Gasteiger partial charge in [0.25, 0.3) is 0 Å². The average molecular weight is 477 g/mol. The number of anilines is 2.